The molecule has 3 fully saturated rings. The molecule has 8 N–H and O–H groups in total. The summed E-state index contributed by atoms with van der Waals surface area (Å²) in [6.45, 7) is 14.9. The van der Waals surface area contributed by atoms with Gasteiger partial charge in [0.2, 0.25) is 6.29 Å². The molecule has 3 unspecified atom stereocenters. The van der Waals surface area contributed by atoms with E-state index in [0.717, 1.165) is 40.6 Å². The van der Waals surface area contributed by atoms with Crippen molar-refractivity contribution in [2.45, 2.75) is 150 Å². The number of aliphatic hydroxyl groups excluding tert-OH is 2. The maximum absolute atomic E-state index is 14.1. The molecule has 12 atom stereocenters. The van der Waals surface area contributed by atoms with Gasteiger partial charge in [0.25, 0.3) is 0 Å². The summed E-state index contributed by atoms with van der Waals surface area (Å²) in [4.78, 5) is 90.3. The van der Waals surface area contributed by atoms with Crippen molar-refractivity contribution < 1.29 is 75.7 Å². The quantitative estimate of drug-likeness (QED) is 0.0699. The van der Waals surface area contributed by atoms with E-state index in [1.54, 1.807) is 6.92 Å². The average Bonchev–Trinajstić information content (AvgIpc) is 3.83. The molecule has 0 saturated carbocycles. The molecule has 73 heavy (non-hydrogen) atoms. The van der Waals surface area contributed by atoms with E-state index in [-0.39, 0.29) is 67.9 Å². The number of amides is 1. The Morgan fingerprint density at radius 1 is 0.753 bits per heavy atom. The zero-order valence-electron chi connectivity index (χ0n) is 40.3. The summed E-state index contributed by atoms with van der Waals surface area (Å²) in [6.07, 6.45) is -3.82. The van der Waals surface area contributed by atoms with E-state index in [4.69, 9.17) is 44.6 Å². The zero-order valence-corrected chi connectivity index (χ0v) is 46.9. The summed E-state index contributed by atoms with van der Waals surface area (Å²) in [7, 11) is 0. The summed E-state index contributed by atoms with van der Waals surface area (Å²) in [5.74, 6) is -5.37. The summed E-state index contributed by atoms with van der Waals surface area (Å²) < 4.78 is 77.7. The molecule has 0 aliphatic carbocycles. The van der Waals surface area contributed by atoms with Gasteiger partial charge in [0.05, 0.1) is 43.5 Å². The van der Waals surface area contributed by atoms with Crippen molar-refractivity contribution in [3.63, 3.8) is 0 Å². The van der Waals surface area contributed by atoms with Gasteiger partial charge in [-0.05, 0) is 27.2 Å². The zero-order chi connectivity index (χ0) is 54.0. The molecule has 3 aliphatic heterocycles. The molecule has 414 valence electrons. The van der Waals surface area contributed by atoms with Crippen LogP contribution in [0.2, 0.25) is 0 Å². The minimum atomic E-state index is -1.41. The molecule has 0 aromatic carbocycles. The van der Waals surface area contributed by atoms with Crippen LogP contribution in [0.1, 0.15) is 101 Å². The lowest BCUT2D eigenvalue weighted by Crippen LogP contribution is -2.36. The Labute approximate surface area is 457 Å². The van der Waals surface area contributed by atoms with Crippen LogP contribution in [-0.2, 0) is 47.5 Å². The molecule has 6 rings (SSSR count). The first-order chi connectivity index (χ1) is 33.3. The van der Waals surface area contributed by atoms with Crippen LogP contribution >= 0.6 is 61.2 Å². The van der Waals surface area contributed by atoms with Gasteiger partial charge < -0.3 is 54.8 Å². The summed E-state index contributed by atoms with van der Waals surface area (Å²) in [5.41, 5.74) is 7.83. The van der Waals surface area contributed by atoms with Gasteiger partial charge in [-0.15, -0.1) is 24.0 Å². The number of nitrogens with two attached hydrogens (primary N) is 2. The normalized spacial score (nSPS) is 25.3. The molecule has 1 amide bonds. The number of nitrogens with one attached hydrogen (secondary N) is 2. The number of carbonyl (C=O) groups excluding carboxylic acids is 4. The van der Waals surface area contributed by atoms with Gasteiger partial charge in [0.15, 0.2) is 53.8 Å². The molecule has 6 heterocycles. The predicted octanol–water partition coefficient (Wildman–Crippen LogP) is 4.59. The lowest BCUT2D eigenvalue weighted by molar-refractivity contribution is -0.193. The lowest BCUT2D eigenvalue weighted by atomic mass is 10.0. The highest BCUT2D eigenvalue weighted by Crippen LogP contribution is 2.35. The van der Waals surface area contributed by atoms with Crippen LogP contribution in [0.4, 0.5) is 35.4 Å². The number of aromatic nitrogens is 6. The van der Waals surface area contributed by atoms with E-state index in [9.17, 15) is 56.9 Å². The topological polar surface area (TPSA) is 353 Å². The number of hydrogen-bond donors (Lipinski definition) is 6. The number of hydrogen-bond acceptors (Lipinski definition) is 21. The van der Waals surface area contributed by atoms with Crippen LogP contribution in [-0.4, -0.2) is 119 Å². The van der Waals surface area contributed by atoms with E-state index >= 15 is 0 Å². The molecule has 0 spiro atoms. The van der Waals surface area contributed by atoms with E-state index in [0.29, 0.717) is 6.42 Å². The first kappa shape index (κ1) is 68.7. The number of anilines is 3. The smallest absolute Gasteiger partial charge is 0.412 e. The van der Waals surface area contributed by atoms with Crippen LogP contribution in [0.15, 0.2) is 33.0 Å². The average molecular weight is 1390 g/mol. The second-order valence-electron chi connectivity index (χ2n) is 15.8. The van der Waals surface area contributed by atoms with Crippen molar-refractivity contribution in [2.24, 2.45) is 11.8 Å². The molecule has 3 aromatic rings. The van der Waals surface area contributed by atoms with Crippen LogP contribution in [0.25, 0.3) is 0 Å². The fourth-order valence-corrected chi connectivity index (χ4v) is 6.52. The number of aromatic amines is 1. The Balaban J connectivity index is 0.000000973. The summed E-state index contributed by atoms with van der Waals surface area (Å²) in [5, 5.41) is 21.6. The van der Waals surface area contributed by atoms with Crippen molar-refractivity contribution in [3.8, 4) is 0 Å². The van der Waals surface area contributed by atoms with Crippen LogP contribution in [0.3, 0.4) is 0 Å². The third-order valence-electron chi connectivity index (χ3n) is 10.5. The number of unbranched alkanes of at least 4 members (excludes halogenated alkanes) is 2. The lowest BCUT2D eigenvalue weighted by Gasteiger charge is -2.22. The number of halogens is 6. The third kappa shape index (κ3) is 20.7. The maximum atomic E-state index is 14.1. The Bertz CT molecular complexity index is 2440. The van der Waals surface area contributed by atoms with Crippen molar-refractivity contribution in [1.29, 1.82) is 0 Å². The Morgan fingerprint density at radius 3 is 1.78 bits per heavy atom. The molecule has 3 aromatic heterocycles. The van der Waals surface area contributed by atoms with Crippen LogP contribution < -0.4 is 33.9 Å². The van der Waals surface area contributed by atoms with Gasteiger partial charge in [-0.1, -0.05) is 41.0 Å². The number of nitrogens with zero attached hydrogens (tertiary/aromatic N) is 5. The first-order valence-electron chi connectivity index (χ1n) is 21.5. The Hall–Kier alpha value is -4.30. The molecule has 31 heteroatoms. The highest BCUT2D eigenvalue weighted by Gasteiger charge is 2.45. The second-order valence-corrected chi connectivity index (χ2v) is 15.8. The standard InChI is InChI=1S/C15H22FN3O6.C12H16FN3O4.C10H16O5.C4H4FN3O.CH4.I2.HI/c1-3-4-5-6-24-15(23)18-12-9(16)7-19(14(22)17-12)13-11(21)10(20)8(2)25-13;1-5-6(2)19-11(9(5)20-7(3)17)16-4-8(13)10(14)15-12(16)18;1-5-6(2)13-10(15-8(4)12)9(5)14-7(3)11;5-2-1-7-4(9)8-3(2)6;;1-2;/h7-8,10-11,13,20-21H,3-6H2,1-2H3,(H,17,18,22,23);4-6,9,11H,1-3H3,(H2,14,15,18);5-6,9-10H,1-4H3;1H,(H3,6,7,8,9);1H4;;1H/t8-,10?,11+,13-;5?,6-,9+,11-;5?,6-,9+,10+;;;;/m111..../s1. The maximum Gasteiger partial charge on any atom is 0.412 e. The fraction of sp³-hybridized carbons (Fsp3) is 0.619. The van der Waals surface area contributed by atoms with E-state index in [1.165, 1.54) is 27.7 Å². The largest absolute Gasteiger partial charge is 0.457 e. The minimum absolute atomic E-state index is 0. The third-order valence-corrected chi connectivity index (χ3v) is 10.5. The van der Waals surface area contributed by atoms with Crippen LogP contribution in [0, 0.1) is 29.3 Å². The number of H-pyrrole nitrogens is 1. The number of ether oxygens (including phenoxy) is 7. The molecule has 3 saturated heterocycles. The fourth-order valence-electron chi connectivity index (χ4n) is 6.52. The molecule has 3 aliphatic rings. The van der Waals surface area contributed by atoms with E-state index in [2.05, 4.69) is 57.5 Å². The van der Waals surface area contributed by atoms with Crippen molar-refractivity contribution >= 4 is 103 Å². The van der Waals surface area contributed by atoms with E-state index in [1.807, 2.05) is 32.7 Å². The van der Waals surface area contributed by atoms with Crippen molar-refractivity contribution in [1.82, 2.24) is 29.1 Å². The molecule has 25 nitrogen and oxygen atoms in total. The van der Waals surface area contributed by atoms with Gasteiger partial charge in [0, 0.05) is 69.8 Å². The van der Waals surface area contributed by atoms with Gasteiger partial charge >= 0.3 is 41.1 Å². The Kier molecular flexibility index (Phi) is 30.9. The predicted molar refractivity (Wildman–Crippen MR) is 282 cm³/mol. The molecular weight excluding hydrogens is 1320 g/mol. The molecular formula is C42H63F3I3N9O16. The summed E-state index contributed by atoms with van der Waals surface area (Å²) in [6, 6.07) is 0. The number of esters is 3. The van der Waals surface area contributed by atoms with Crippen molar-refractivity contribution in [3.05, 3.63) is 67.5 Å². The van der Waals surface area contributed by atoms with Gasteiger partial charge in [0.1, 0.15) is 18.0 Å². The summed E-state index contributed by atoms with van der Waals surface area (Å²) >= 11 is 4.24. The SMILES string of the molecule is C.CC(=O)O[C@@H]1O[C@H](C)C(C)[C@@H]1OC(C)=O.CC(=O)O[C@H]1C(C)[C@@H](C)O[C@H]1n1cc(F)c(N)nc1=O.CCCCCOC(=O)Nc1nc(=O)n([C@@H]2O[C@H](C)C(O)[C@@H]2O)cc1F.I.II.Nc1[nH]c(=O)ncc1F. The number of nitrogen functional groups attached to an aromatic ring is 2. The first-order valence-corrected chi connectivity index (χ1v) is 27.8. The van der Waals surface area contributed by atoms with E-state index < -0.39 is 119 Å². The number of carbonyl (C=O) groups is 4. The number of aliphatic hydroxyl groups is 2. The highest BCUT2D eigenvalue weighted by atomic mass is 128. The van der Waals surface area contributed by atoms with Gasteiger partial charge in [-0.25, -0.2) is 32.3 Å². The van der Waals surface area contributed by atoms with Gasteiger partial charge in [-0.2, -0.15) is 15.0 Å². The second kappa shape index (κ2) is 32.9. The van der Waals surface area contributed by atoms with Gasteiger partial charge in [-0.3, -0.25) is 33.8 Å². The Morgan fingerprint density at radius 2 is 1.26 bits per heavy atom. The molecule has 0 radical (unpaired) electrons. The van der Waals surface area contributed by atoms with Crippen molar-refractivity contribution in [2.75, 3.05) is 23.4 Å². The minimum Gasteiger partial charge on any atom is -0.457 e. The van der Waals surface area contributed by atoms with Crippen LogP contribution in [0.5, 0.6) is 0 Å². The molecule has 0 bridgehead atoms. The highest BCUT2D eigenvalue weighted by molar-refractivity contribution is 15.0. The number of rotatable bonds is 10. The monoisotopic (exact) mass is 1390 g/mol.